The molecule has 1 aliphatic heterocycles. The Kier molecular flexibility index (Phi) is 6.56. The third kappa shape index (κ3) is 5.53. The molecule has 0 amide bonds. The predicted octanol–water partition coefficient (Wildman–Crippen LogP) is 5.92. The lowest BCUT2D eigenvalue weighted by Gasteiger charge is -2.39. The molecule has 166 valence electrons. The van der Waals surface area contributed by atoms with Crippen molar-refractivity contribution in [3.63, 3.8) is 0 Å². The molecule has 0 N–H and O–H groups in total. The standard InChI is InChI=1S/C27H25N3O2S/c1-33-27-14-10-22(16-29-27)21-8-11-24(12-9-21)31-25-18-30(19-25)17-20-7-13-26(28-15-20)32-23-5-3-2-4-6-23/h2-16,25H,17-19H2,1H3. The fraction of sp³-hybridized carbons (Fsp3) is 0.185. The van der Waals surface area contributed by atoms with Crippen LogP contribution in [0.1, 0.15) is 5.56 Å². The fourth-order valence-corrected chi connectivity index (χ4v) is 4.11. The second-order valence-electron chi connectivity index (χ2n) is 7.97. The maximum Gasteiger partial charge on any atom is 0.219 e. The molecular formula is C27H25N3O2S. The monoisotopic (exact) mass is 455 g/mol. The third-order valence-electron chi connectivity index (χ3n) is 5.53. The van der Waals surface area contributed by atoms with Gasteiger partial charge in [-0.05, 0) is 47.7 Å². The lowest BCUT2D eigenvalue weighted by atomic mass is 10.1. The van der Waals surface area contributed by atoms with Crippen molar-refractivity contribution in [3.8, 4) is 28.5 Å². The Balaban J connectivity index is 1.08. The molecule has 2 aromatic heterocycles. The van der Waals surface area contributed by atoms with Crippen LogP contribution in [-0.2, 0) is 6.54 Å². The molecule has 4 aromatic rings. The summed E-state index contributed by atoms with van der Waals surface area (Å²) in [6, 6.07) is 26.1. The van der Waals surface area contributed by atoms with Crippen LogP contribution in [0.5, 0.6) is 17.4 Å². The van der Waals surface area contributed by atoms with Gasteiger partial charge in [-0.2, -0.15) is 0 Å². The second-order valence-corrected chi connectivity index (χ2v) is 8.79. The quantitative estimate of drug-likeness (QED) is 0.307. The van der Waals surface area contributed by atoms with Gasteiger partial charge in [0.2, 0.25) is 5.88 Å². The smallest absolute Gasteiger partial charge is 0.219 e. The molecule has 2 aromatic carbocycles. The Morgan fingerprint density at radius 3 is 2.27 bits per heavy atom. The largest absolute Gasteiger partial charge is 0.488 e. The Morgan fingerprint density at radius 2 is 1.61 bits per heavy atom. The van der Waals surface area contributed by atoms with E-state index < -0.39 is 0 Å². The lowest BCUT2D eigenvalue weighted by molar-refractivity contribution is 0.0145. The summed E-state index contributed by atoms with van der Waals surface area (Å²) in [4.78, 5) is 11.2. The number of thioether (sulfide) groups is 1. The van der Waals surface area contributed by atoms with Crippen LogP contribution in [0.25, 0.3) is 11.1 Å². The highest BCUT2D eigenvalue weighted by atomic mass is 32.2. The Morgan fingerprint density at radius 1 is 0.818 bits per heavy atom. The third-order valence-corrected chi connectivity index (χ3v) is 6.19. The molecule has 0 radical (unpaired) electrons. The van der Waals surface area contributed by atoms with E-state index in [-0.39, 0.29) is 6.10 Å². The molecule has 33 heavy (non-hydrogen) atoms. The van der Waals surface area contributed by atoms with Gasteiger partial charge in [0, 0.05) is 43.7 Å². The van der Waals surface area contributed by atoms with Crippen molar-refractivity contribution in [2.45, 2.75) is 17.7 Å². The summed E-state index contributed by atoms with van der Waals surface area (Å²) < 4.78 is 11.9. The number of benzene rings is 2. The van der Waals surface area contributed by atoms with E-state index in [9.17, 15) is 0 Å². The number of ether oxygens (including phenoxy) is 2. The van der Waals surface area contributed by atoms with Crippen LogP contribution in [-0.4, -0.2) is 40.3 Å². The molecule has 6 heteroatoms. The van der Waals surface area contributed by atoms with E-state index >= 15 is 0 Å². The molecule has 0 atom stereocenters. The minimum absolute atomic E-state index is 0.215. The van der Waals surface area contributed by atoms with Crippen molar-refractivity contribution < 1.29 is 9.47 Å². The predicted molar refractivity (Wildman–Crippen MR) is 132 cm³/mol. The summed E-state index contributed by atoms with van der Waals surface area (Å²) in [6.07, 6.45) is 6.05. The molecular weight excluding hydrogens is 430 g/mol. The van der Waals surface area contributed by atoms with Crippen molar-refractivity contribution >= 4 is 11.8 Å². The zero-order valence-electron chi connectivity index (χ0n) is 18.4. The van der Waals surface area contributed by atoms with Gasteiger partial charge in [0.15, 0.2) is 0 Å². The zero-order valence-corrected chi connectivity index (χ0v) is 19.2. The molecule has 5 nitrogen and oxygen atoms in total. The lowest BCUT2D eigenvalue weighted by Crippen LogP contribution is -2.53. The number of likely N-dealkylation sites (tertiary alicyclic amines) is 1. The van der Waals surface area contributed by atoms with E-state index in [4.69, 9.17) is 9.47 Å². The van der Waals surface area contributed by atoms with Crippen LogP contribution in [0.3, 0.4) is 0 Å². The number of hydrogen-bond acceptors (Lipinski definition) is 6. The van der Waals surface area contributed by atoms with Crippen LogP contribution in [0.15, 0.2) is 96.3 Å². The van der Waals surface area contributed by atoms with E-state index in [1.54, 1.807) is 11.8 Å². The van der Waals surface area contributed by atoms with Crippen molar-refractivity contribution in [1.29, 1.82) is 0 Å². The summed E-state index contributed by atoms with van der Waals surface area (Å²) in [7, 11) is 0. The zero-order chi connectivity index (χ0) is 22.5. The minimum atomic E-state index is 0.215. The van der Waals surface area contributed by atoms with Crippen molar-refractivity contribution in [2.75, 3.05) is 19.3 Å². The SMILES string of the molecule is CSc1ccc(-c2ccc(OC3CN(Cc4ccc(Oc5ccccc5)nc4)C3)cc2)cn1. The van der Waals surface area contributed by atoms with Crippen molar-refractivity contribution in [2.24, 2.45) is 0 Å². The van der Waals surface area contributed by atoms with E-state index in [2.05, 4.69) is 39.1 Å². The van der Waals surface area contributed by atoms with Crippen LogP contribution in [0, 0.1) is 0 Å². The first-order valence-corrected chi connectivity index (χ1v) is 12.1. The summed E-state index contributed by atoms with van der Waals surface area (Å²) >= 11 is 1.65. The summed E-state index contributed by atoms with van der Waals surface area (Å²) in [5.74, 6) is 2.30. The highest BCUT2D eigenvalue weighted by molar-refractivity contribution is 7.98. The summed E-state index contributed by atoms with van der Waals surface area (Å²) in [5, 5.41) is 1.03. The molecule has 3 heterocycles. The number of aromatic nitrogens is 2. The van der Waals surface area contributed by atoms with Crippen LogP contribution in [0.2, 0.25) is 0 Å². The number of pyridine rings is 2. The first-order chi connectivity index (χ1) is 16.2. The first kappa shape index (κ1) is 21.5. The van der Waals surface area contributed by atoms with E-state index in [1.807, 2.05) is 73.2 Å². The normalized spacial score (nSPS) is 14.0. The highest BCUT2D eigenvalue weighted by Gasteiger charge is 2.28. The van der Waals surface area contributed by atoms with Gasteiger partial charge in [-0.1, -0.05) is 42.5 Å². The molecule has 0 unspecified atom stereocenters. The van der Waals surface area contributed by atoms with Crippen LogP contribution < -0.4 is 9.47 Å². The van der Waals surface area contributed by atoms with Gasteiger partial charge < -0.3 is 9.47 Å². The summed E-state index contributed by atoms with van der Waals surface area (Å²) in [5.41, 5.74) is 3.42. The molecule has 0 spiro atoms. The van der Waals surface area contributed by atoms with Gasteiger partial charge >= 0.3 is 0 Å². The number of para-hydroxylation sites is 1. The van der Waals surface area contributed by atoms with E-state index in [0.717, 1.165) is 47.3 Å². The maximum absolute atomic E-state index is 6.13. The molecule has 0 aliphatic carbocycles. The first-order valence-electron chi connectivity index (χ1n) is 10.9. The van der Waals surface area contributed by atoms with Crippen molar-refractivity contribution in [3.05, 3.63) is 96.8 Å². The van der Waals surface area contributed by atoms with E-state index in [0.29, 0.717) is 5.88 Å². The Hall–Kier alpha value is -3.35. The number of hydrogen-bond donors (Lipinski definition) is 0. The number of rotatable bonds is 8. The molecule has 0 bridgehead atoms. The van der Waals surface area contributed by atoms with Gasteiger partial charge in [-0.3, -0.25) is 4.90 Å². The van der Waals surface area contributed by atoms with Gasteiger partial charge in [0.25, 0.3) is 0 Å². The molecule has 1 fully saturated rings. The molecule has 5 rings (SSSR count). The number of nitrogens with zero attached hydrogens (tertiary/aromatic N) is 3. The average Bonchev–Trinajstić information content (AvgIpc) is 2.85. The highest BCUT2D eigenvalue weighted by Crippen LogP contribution is 2.26. The Labute approximate surface area is 198 Å². The minimum Gasteiger partial charge on any atom is -0.488 e. The fourth-order valence-electron chi connectivity index (χ4n) is 3.75. The van der Waals surface area contributed by atoms with Gasteiger partial charge in [-0.15, -0.1) is 11.8 Å². The van der Waals surface area contributed by atoms with Crippen LogP contribution in [0.4, 0.5) is 0 Å². The second kappa shape index (κ2) is 10.1. The maximum atomic E-state index is 6.13. The van der Waals surface area contributed by atoms with Crippen LogP contribution >= 0.6 is 11.8 Å². The summed E-state index contributed by atoms with van der Waals surface area (Å²) in [6.45, 7) is 2.67. The van der Waals surface area contributed by atoms with Gasteiger partial charge in [0.05, 0.1) is 5.03 Å². The Bertz CT molecular complexity index is 1160. The van der Waals surface area contributed by atoms with E-state index in [1.165, 1.54) is 5.56 Å². The van der Waals surface area contributed by atoms with Crippen molar-refractivity contribution in [1.82, 2.24) is 14.9 Å². The molecule has 0 saturated carbocycles. The molecule has 1 saturated heterocycles. The topological polar surface area (TPSA) is 47.5 Å². The molecule has 1 aliphatic rings. The van der Waals surface area contributed by atoms with Gasteiger partial charge in [-0.25, -0.2) is 9.97 Å². The average molecular weight is 456 g/mol. The van der Waals surface area contributed by atoms with Gasteiger partial charge in [0.1, 0.15) is 17.6 Å².